The van der Waals surface area contributed by atoms with E-state index >= 15 is 0 Å². The Bertz CT molecular complexity index is 623. The molecule has 0 saturated carbocycles. The molecule has 2 rings (SSSR count). The predicted octanol–water partition coefficient (Wildman–Crippen LogP) is 2.53. The molecule has 0 unspecified atom stereocenters. The number of hydrogen-bond donors (Lipinski definition) is 0. The number of nitrogens with zero attached hydrogens (tertiary/aromatic N) is 2. The van der Waals surface area contributed by atoms with E-state index in [4.69, 9.17) is 5.26 Å². The summed E-state index contributed by atoms with van der Waals surface area (Å²) in [5, 5.41) is 8.69. The Morgan fingerprint density at radius 1 is 1.24 bits per heavy atom. The molecule has 0 spiro atoms. The van der Waals surface area contributed by atoms with Gasteiger partial charge in [0.15, 0.2) is 0 Å². The van der Waals surface area contributed by atoms with Crippen molar-refractivity contribution in [1.82, 2.24) is 4.57 Å². The van der Waals surface area contributed by atoms with Gasteiger partial charge in [-0.15, -0.1) is 0 Å². The van der Waals surface area contributed by atoms with Crippen LogP contribution in [0.15, 0.2) is 51.9 Å². The second-order valence-electron chi connectivity index (χ2n) is 3.60. The van der Waals surface area contributed by atoms with Crippen LogP contribution in [-0.4, -0.2) is 4.57 Å². The highest BCUT2D eigenvalue weighted by Crippen LogP contribution is 2.06. The van der Waals surface area contributed by atoms with Crippen LogP contribution in [0.4, 0.5) is 0 Å². The normalized spacial score (nSPS) is 9.88. The van der Waals surface area contributed by atoms with Gasteiger partial charge in [0.2, 0.25) is 0 Å². The molecule has 1 aromatic heterocycles. The molecule has 17 heavy (non-hydrogen) atoms. The number of aromatic nitrogens is 1. The van der Waals surface area contributed by atoms with Crippen molar-refractivity contribution in [3.8, 4) is 6.07 Å². The van der Waals surface area contributed by atoms with E-state index in [0.717, 1.165) is 5.56 Å². The van der Waals surface area contributed by atoms with Crippen LogP contribution < -0.4 is 5.56 Å². The van der Waals surface area contributed by atoms with E-state index in [1.807, 2.05) is 18.2 Å². The number of hydrogen-bond acceptors (Lipinski definition) is 2. The minimum Gasteiger partial charge on any atom is -0.310 e. The summed E-state index contributed by atoms with van der Waals surface area (Å²) in [6.45, 7) is 0.504. The molecule has 1 aromatic carbocycles. The Labute approximate surface area is 107 Å². The summed E-state index contributed by atoms with van der Waals surface area (Å²) in [5.41, 5.74) is 1.55. The largest absolute Gasteiger partial charge is 0.310 e. The summed E-state index contributed by atoms with van der Waals surface area (Å²) >= 11 is 3.21. The van der Waals surface area contributed by atoms with E-state index in [2.05, 4.69) is 22.0 Å². The first-order chi connectivity index (χ1) is 8.20. The molecule has 0 N–H and O–H groups in total. The summed E-state index contributed by atoms with van der Waals surface area (Å²) in [6, 6.07) is 12.8. The standard InChI is InChI=1S/C13H9BrN2O/c14-12-2-1-7-16(13(12)17)9-11-5-3-10(8-15)4-6-11/h1-7H,9H2. The van der Waals surface area contributed by atoms with Gasteiger partial charge in [-0.1, -0.05) is 12.1 Å². The fourth-order valence-corrected chi connectivity index (χ4v) is 1.89. The molecule has 3 nitrogen and oxygen atoms in total. The molecule has 84 valence electrons. The lowest BCUT2D eigenvalue weighted by Crippen LogP contribution is -2.20. The maximum absolute atomic E-state index is 11.8. The number of halogens is 1. The fourth-order valence-electron chi connectivity index (χ4n) is 1.51. The summed E-state index contributed by atoms with van der Waals surface area (Å²) in [7, 11) is 0. The van der Waals surface area contributed by atoms with Gasteiger partial charge in [-0.2, -0.15) is 5.26 Å². The van der Waals surface area contributed by atoms with Crippen LogP contribution in [-0.2, 0) is 6.54 Å². The van der Waals surface area contributed by atoms with E-state index in [-0.39, 0.29) is 5.56 Å². The quantitative estimate of drug-likeness (QED) is 0.852. The topological polar surface area (TPSA) is 45.8 Å². The van der Waals surface area contributed by atoms with E-state index in [9.17, 15) is 4.79 Å². The molecular weight excluding hydrogens is 280 g/mol. The van der Waals surface area contributed by atoms with Gasteiger partial charge in [0, 0.05) is 6.20 Å². The Balaban J connectivity index is 2.29. The SMILES string of the molecule is N#Cc1ccc(Cn2cccc(Br)c2=O)cc1. The lowest BCUT2D eigenvalue weighted by atomic mass is 10.1. The summed E-state index contributed by atoms with van der Waals surface area (Å²) in [6.07, 6.45) is 1.74. The summed E-state index contributed by atoms with van der Waals surface area (Å²) < 4.78 is 2.17. The molecule has 0 saturated heterocycles. The van der Waals surface area contributed by atoms with Crippen molar-refractivity contribution in [2.24, 2.45) is 0 Å². The van der Waals surface area contributed by atoms with Crippen LogP contribution in [0, 0.1) is 11.3 Å². The van der Waals surface area contributed by atoms with E-state index in [1.165, 1.54) is 0 Å². The van der Waals surface area contributed by atoms with Crippen molar-refractivity contribution in [3.63, 3.8) is 0 Å². The third-order valence-corrected chi connectivity index (χ3v) is 3.01. The minimum absolute atomic E-state index is 0.0585. The van der Waals surface area contributed by atoms with Gasteiger partial charge in [-0.3, -0.25) is 4.79 Å². The molecule has 0 radical (unpaired) electrons. The molecule has 0 fully saturated rings. The van der Waals surface area contributed by atoms with Gasteiger partial charge in [0.05, 0.1) is 22.7 Å². The Hall–Kier alpha value is -1.86. The lowest BCUT2D eigenvalue weighted by molar-refractivity contribution is 0.755. The molecule has 0 amide bonds. The van der Waals surface area contributed by atoms with Gasteiger partial charge in [-0.05, 0) is 45.8 Å². The fraction of sp³-hybridized carbons (Fsp3) is 0.0769. The minimum atomic E-state index is -0.0585. The van der Waals surface area contributed by atoms with Crippen LogP contribution in [0.1, 0.15) is 11.1 Å². The van der Waals surface area contributed by atoms with Gasteiger partial charge >= 0.3 is 0 Å². The van der Waals surface area contributed by atoms with Crippen LogP contribution >= 0.6 is 15.9 Å². The zero-order chi connectivity index (χ0) is 12.3. The molecular formula is C13H9BrN2O. The molecule has 2 aromatic rings. The zero-order valence-corrected chi connectivity index (χ0v) is 10.5. The van der Waals surface area contributed by atoms with Crippen molar-refractivity contribution in [2.45, 2.75) is 6.54 Å². The van der Waals surface area contributed by atoms with Crippen LogP contribution in [0.2, 0.25) is 0 Å². The van der Waals surface area contributed by atoms with Crippen LogP contribution in [0.5, 0.6) is 0 Å². The highest BCUT2D eigenvalue weighted by molar-refractivity contribution is 9.10. The van der Waals surface area contributed by atoms with E-state index in [0.29, 0.717) is 16.6 Å². The first kappa shape index (κ1) is 11.6. The van der Waals surface area contributed by atoms with Gasteiger partial charge < -0.3 is 4.57 Å². The first-order valence-electron chi connectivity index (χ1n) is 5.05. The zero-order valence-electron chi connectivity index (χ0n) is 8.93. The van der Waals surface area contributed by atoms with E-state index in [1.54, 1.807) is 29.0 Å². The third kappa shape index (κ3) is 2.63. The van der Waals surface area contributed by atoms with Gasteiger partial charge in [0.1, 0.15) is 0 Å². The summed E-state index contributed by atoms with van der Waals surface area (Å²) in [5.74, 6) is 0. The highest BCUT2D eigenvalue weighted by atomic mass is 79.9. The maximum Gasteiger partial charge on any atom is 0.265 e. The lowest BCUT2D eigenvalue weighted by Gasteiger charge is -2.05. The highest BCUT2D eigenvalue weighted by Gasteiger charge is 2.01. The Morgan fingerprint density at radius 3 is 2.59 bits per heavy atom. The monoisotopic (exact) mass is 288 g/mol. The van der Waals surface area contributed by atoms with Crippen molar-refractivity contribution in [2.75, 3.05) is 0 Å². The molecule has 0 aliphatic rings. The molecule has 4 heteroatoms. The van der Waals surface area contributed by atoms with Crippen molar-refractivity contribution in [1.29, 1.82) is 5.26 Å². The van der Waals surface area contributed by atoms with E-state index < -0.39 is 0 Å². The van der Waals surface area contributed by atoms with Crippen LogP contribution in [0.25, 0.3) is 0 Å². The van der Waals surface area contributed by atoms with Gasteiger partial charge in [-0.25, -0.2) is 0 Å². The molecule has 0 atom stereocenters. The van der Waals surface area contributed by atoms with Gasteiger partial charge in [0.25, 0.3) is 5.56 Å². The van der Waals surface area contributed by atoms with Crippen molar-refractivity contribution >= 4 is 15.9 Å². The maximum atomic E-state index is 11.8. The average Bonchev–Trinajstić information content (AvgIpc) is 2.36. The average molecular weight is 289 g/mol. The Morgan fingerprint density at radius 2 is 1.94 bits per heavy atom. The number of pyridine rings is 1. The second kappa shape index (κ2) is 4.98. The summed E-state index contributed by atoms with van der Waals surface area (Å²) in [4.78, 5) is 11.8. The number of rotatable bonds is 2. The van der Waals surface area contributed by atoms with Crippen LogP contribution in [0.3, 0.4) is 0 Å². The number of benzene rings is 1. The second-order valence-corrected chi connectivity index (χ2v) is 4.45. The first-order valence-corrected chi connectivity index (χ1v) is 5.84. The molecule has 0 aliphatic carbocycles. The predicted molar refractivity (Wildman–Crippen MR) is 68.7 cm³/mol. The van der Waals surface area contributed by atoms with Crippen molar-refractivity contribution in [3.05, 3.63) is 68.5 Å². The Kier molecular flexibility index (Phi) is 3.40. The number of nitriles is 1. The smallest absolute Gasteiger partial charge is 0.265 e. The molecule has 1 heterocycles. The van der Waals surface area contributed by atoms with Crippen molar-refractivity contribution < 1.29 is 0 Å². The molecule has 0 bridgehead atoms. The molecule has 0 aliphatic heterocycles. The third-order valence-electron chi connectivity index (χ3n) is 2.41.